The highest BCUT2D eigenvalue weighted by atomic mass is 32.1. The molecule has 2 saturated heterocycles. The van der Waals surface area contributed by atoms with Gasteiger partial charge >= 0.3 is 11.9 Å². The first-order chi connectivity index (χ1) is 27.3. The number of nitrogens with zero attached hydrogens (tertiary/aromatic N) is 2. The van der Waals surface area contributed by atoms with Crippen molar-refractivity contribution in [2.75, 3.05) is 49.2 Å². The summed E-state index contributed by atoms with van der Waals surface area (Å²) in [5.41, 5.74) is -0.0167. The van der Waals surface area contributed by atoms with Gasteiger partial charge in [-0.1, -0.05) is 109 Å². The second-order valence-corrected chi connectivity index (χ2v) is 18.1. The number of carbonyl (C=O) groups is 4. The van der Waals surface area contributed by atoms with Crippen LogP contribution in [0.25, 0.3) is 5.57 Å². The van der Waals surface area contributed by atoms with Crippen molar-refractivity contribution in [1.29, 1.82) is 0 Å². The Morgan fingerprint density at radius 1 is 0.607 bits per heavy atom. The maximum atomic E-state index is 13.7. The fourth-order valence-electron chi connectivity index (χ4n) is 8.14. The number of rotatable bonds is 24. The molecule has 0 radical (unpaired) electrons. The number of piperidine rings is 2. The Morgan fingerprint density at radius 3 is 1.52 bits per heavy atom. The molecule has 310 valence electrons. The van der Waals surface area contributed by atoms with Gasteiger partial charge in [-0.15, -0.1) is 22.7 Å². The zero-order valence-electron chi connectivity index (χ0n) is 34.0. The number of esters is 2. The van der Waals surface area contributed by atoms with Crippen LogP contribution in [-0.4, -0.2) is 62.9 Å². The van der Waals surface area contributed by atoms with E-state index in [0.717, 1.165) is 35.7 Å². The molecule has 0 N–H and O–H groups in total. The van der Waals surface area contributed by atoms with E-state index in [0.29, 0.717) is 74.8 Å². The summed E-state index contributed by atoms with van der Waals surface area (Å²) >= 11 is 2.74. The number of Topliss-reactive ketones (excluding diaryl/α,β-unsaturated/α-hetero) is 2. The molecule has 1 atom stereocenters. The van der Waals surface area contributed by atoms with Gasteiger partial charge in [0.15, 0.2) is 11.6 Å². The van der Waals surface area contributed by atoms with Gasteiger partial charge in [0, 0.05) is 41.5 Å². The number of ether oxygens (including phenoxy) is 2. The Bertz CT molecular complexity index is 1580. The molecule has 5 rings (SSSR count). The molecule has 2 aromatic heterocycles. The molecule has 2 fully saturated rings. The first-order valence-corrected chi connectivity index (χ1v) is 23.5. The monoisotopic (exact) mass is 809 g/mol. The minimum atomic E-state index is -1.11. The molecule has 2 aliphatic heterocycles. The standard InChI is InChI=1S/C45H66N2O7S2/c1-3-5-7-9-11-13-15-17-31-53-44(51)33-23-27-46(28-24-33)37-21-19-35(55-37)39-41(48)40(43(50)42(39)49)36-20-22-38(56-36)47-29-25-34(26-30-47)45(52)54-32-18-16-14-12-10-8-6-4-2/h19-22,33-34,39,50H,3-18,23-32H2,1-2H3/p-1. The molecule has 1 aliphatic carbocycles. The van der Waals surface area contributed by atoms with Crippen molar-refractivity contribution < 1.29 is 33.8 Å². The van der Waals surface area contributed by atoms with Crippen LogP contribution in [-0.2, 0) is 28.7 Å². The van der Waals surface area contributed by atoms with Crippen LogP contribution < -0.4 is 14.9 Å². The average molecular weight is 810 g/mol. The van der Waals surface area contributed by atoms with Gasteiger partial charge in [-0.25, -0.2) is 0 Å². The number of thiophene rings is 2. The molecule has 11 heteroatoms. The van der Waals surface area contributed by atoms with E-state index in [1.54, 1.807) is 12.1 Å². The highest BCUT2D eigenvalue weighted by molar-refractivity contribution is 7.18. The zero-order chi connectivity index (χ0) is 39.7. The first kappa shape index (κ1) is 43.9. The lowest BCUT2D eigenvalue weighted by Gasteiger charge is -2.31. The molecule has 0 amide bonds. The lowest BCUT2D eigenvalue weighted by molar-refractivity contribution is -0.296. The van der Waals surface area contributed by atoms with Crippen LogP contribution >= 0.6 is 22.7 Å². The summed E-state index contributed by atoms with van der Waals surface area (Å²) < 4.78 is 11.2. The quantitative estimate of drug-likeness (QED) is 0.0581. The summed E-state index contributed by atoms with van der Waals surface area (Å²) in [5, 5.41) is 15.1. The molecule has 1 unspecified atom stereocenters. The minimum absolute atomic E-state index is 0.0167. The summed E-state index contributed by atoms with van der Waals surface area (Å²) in [4.78, 5) is 57.9. The molecule has 56 heavy (non-hydrogen) atoms. The smallest absolute Gasteiger partial charge is 0.309 e. The van der Waals surface area contributed by atoms with Crippen molar-refractivity contribution in [3.05, 3.63) is 39.8 Å². The number of hydrogen-bond acceptors (Lipinski definition) is 11. The number of ketones is 2. The van der Waals surface area contributed by atoms with Crippen LogP contribution in [0.3, 0.4) is 0 Å². The van der Waals surface area contributed by atoms with Gasteiger partial charge < -0.3 is 24.4 Å². The molecular weight excluding hydrogens is 745 g/mol. The van der Waals surface area contributed by atoms with E-state index in [4.69, 9.17) is 9.47 Å². The third-order valence-electron chi connectivity index (χ3n) is 11.7. The van der Waals surface area contributed by atoms with Gasteiger partial charge in [0.05, 0.1) is 35.1 Å². The van der Waals surface area contributed by atoms with E-state index in [1.807, 2.05) is 12.1 Å². The number of carbonyl (C=O) groups excluding carboxylic acids is 4. The third kappa shape index (κ3) is 12.4. The van der Waals surface area contributed by atoms with Gasteiger partial charge in [0.2, 0.25) is 0 Å². The third-order valence-corrected chi connectivity index (χ3v) is 14.1. The van der Waals surface area contributed by atoms with E-state index in [2.05, 4.69) is 23.6 Å². The van der Waals surface area contributed by atoms with Gasteiger partial charge in [0.1, 0.15) is 5.92 Å². The van der Waals surface area contributed by atoms with Crippen molar-refractivity contribution in [3.8, 4) is 0 Å². The lowest BCUT2D eigenvalue weighted by Crippen LogP contribution is -2.36. The fraction of sp³-hybridized carbons (Fsp3) is 0.689. The van der Waals surface area contributed by atoms with Crippen LogP contribution in [0.2, 0.25) is 0 Å². The Hall–Kier alpha value is -3.18. The Kier molecular flexibility index (Phi) is 18.3. The molecular formula is C45H65N2O7S2-. The molecule has 4 heterocycles. The zero-order valence-corrected chi connectivity index (χ0v) is 35.6. The molecule has 9 nitrogen and oxygen atoms in total. The van der Waals surface area contributed by atoms with E-state index >= 15 is 0 Å². The normalized spacial score (nSPS) is 18.4. The average Bonchev–Trinajstić information content (AvgIpc) is 3.95. The van der Waals surface area contributed by atoms with Crippen molar-refractivity contribution in [1.82, 2.24) is 0 Å². The topological polar surface area (TPSA) is 116 Å². The summed E-state index contributed by atoms with van der Waals surface area (Å²) in [6, 6.07) is 7.40. The van der Waals surface area contributed by atoms with E-state index in [-0.39, 0.29) is 29.3 Å². The van der Waals surface area contributed by atoms with Crippen molar-refractivity contribution in [2.45, 2.75) is 148 Å². The second-order valence-electron chi connectivity index (χ2n) is 16.0. The van der Waals surface area contributed by atoms with Crippen molar-refractivity contribution >= 4 is 61.8 Å². The van der Waals surface area contributed by atoms with E-state index in [1.165, 1.54) is 99.7 Å². The summed E-state index contributed by atoms with van der Waals surface area (Å²) in [7, 11) is 0. The van der Waals surface area contributed by atoms with Gasteiger partial charge in [0.25, 0.3) is 0 Å². The Balaban J connectivity index is 1.03. The maximum Gasteiger partial charge on any atom is 0.309 e. The number of anilines is 2. The van der Waals surface area contributed by atoms with Gasteiger partial charge in [-0.2, -0.15) is 0 Å². The molecule has 0 saturated carbocycles. The van der Waals surface area contributed by atoms with Crippen molar-refractivity contribution in [3.63, 3.8) is 0 Å². The van der Waals surface area contributed by atoms with Crippen molar-refractivity contribution in [2.24, 2.45) is 11.8 Å². The maximum absolute atomic E-state index is 13.7. The second kappa shape index (κ2) is 23.3. The number of hydrogen-bond donors (Lipinski definition) is 0. The van der Waals surface area contributed by atoms with Gasteiger partial charge in [-0.3, -0.25) is 19.2 Å². The van der Waals surface area contributed by atoms with Crippen LogP contribution in [0.5, 0.6) is 0 Å². The van der Waals surface area contributed by atoms with Crippen LogP contribution in [0.1, 0.15) is 158 Å². The highest BCUT2D eigenvalue weighted by Crippen LogP contribution is 2.44. The SMILES string of the molecule is CCCCCCCCCCOC(=O)C1CCN(c2ccc(C3=C([O-])C(=O)C(c4ccc(N5CCC(C(=O)OCCCCCCCCCC)CC5)s4)C3=O)s2)CC1. The molecule has 2 aromatic rings. The summed E-state index contributed by atoms with van der Waals surface area (Å²) in [5.74, 6) is -3.36. The fourth-order valence-corrected chi connectivity index (χ4v) is 10.4. The summed E-state index contributed by atoms with van der Waals surface area (Å²) in [6.07, 6.45) is 22.1. The van der Waals surface area contributed by atoms with E-state index < -0.39 is 23.2 Å². The van der Waals surface area contributed by atoms with Crippen LogP contribution in [0.15, 0.2) is 30.0 Å². The molecule has 3 aliphatic rings. The largest absolute Gasteiger partial charge is 0.870 e. The number of unbranched alkanes of at least 4 members (excludes halogenated alkanes) is 14. The number of allylic oxidation sites excluding steroid dienone is 2. The van der Waals surface area contributed by atoms with Gasteiger partial charge in [-0.05, 0) is 62.8 Å². The van der Waals surface area contributed by atoms with Crippen LogP contribution in [0.4, 0.5) is 10.0 Å². The molecule has 0 spiro atoms. The Morgan fingerprint density at radius 2 is 1.04 bits per heavy atom. The predicted molar refractivity (Wildman–Crippen MR) is 225 cm³/mol. The minimum Gasteiger partial charge on any atom is -0.870 e. The van der Waals surface area contributed by atoms with E-state index in [9.17, 15) is 24.3 Å². The van der Waals surface area contributed by atoms with Crippen LogP contribution in [0, 0.1) is 11.8 Å². The molecule has 0 aromatic carbocycles. The summed E-state index contributed by atoms with van der Waals surface area (Å²) in [6.45, 7) is 8.19. The Labute approximate surface area is 343 Å². The predicted octanol–water partition coefficient (Wildman–Crippen LogP) is 9.62. The first-order valence-electron chi connectivity index (χ1n) is 21.8. The lowest BCUT2D eigenvalue weighted by atomic mass is 9.97. The highest BCUT2D eigenvalue weighted by Gasteiger charge is 2.40. The molecule has 0 bridgehead atoms.